The predicted molar refractivity (Wildman–Crippen MR) is 169 cm³/mol. The molecule has 1 aliphatic carbocycles. The SMILES string of the molecule is C=C(CC/C=C(\C)CCC=C(C)C)CC[C@@H]1C=C(CC/C=C(\C)CCC=C(C)C)C[C@@H](C(=O)OC)[C@@H]1C(=O)OC. The number of esters is 2. The summed E-state index contributed by atoms with van der Waals surface area (Å²) in [5.74, 6) is -1.75. The highest BCUT2D eigenvalue weighted by atomic mass is 16.5. The van der Waals surface area contributed by atoms with Crippen LogP contribution in [0.25, 0.3) is 0 Å². The first-order valence-corrected chi connectivity index (χ1v) is 15.1. The molecule has 0 unspecified atom stereocenters. The Morgan fingerprint density at radius 3 is 1.82 bits per heavy atom. The fourth-order valence-electron chi connectivity index (χ4n) is 5.39. The molecule has 0 aromatic heterocycles. The van der Waals surface area contributed by atoms with Gasteiger partial charge in [0, 0.05) is 0 Å². The van der Waals surface area contributed by atoms with Crippen LogP contribution in [0.15, 0.2) is 70.4 Å². The lowest BCUT2D eigenvalue weighted by Gasteiger charge is -2.34. The zero-order valence-corrected chi connectivity index (χ0v) is 26.7. The lowest BCUT2D eigenvalue weighted by atomic mass is 9.70. The van der Waals surface area contributed by atoms with Crippen molar-refractivity contribution in [3.05, 3.63) is 70.4 Å². The van der Waals surface area contributed by atoms with Crippen LogP contribution in [-0.4, -0.2) is 26.2 Å². The van der Waals surface area contributed by atoms with Gasteiger partial charge in [-0.15, -0.1) is 0 Å². The van der Waals surface area contributed by atoms with E-state index in [1.165, 1.54) is 47.7 Å². The number of methoxy groups -OCH3 is 2. The molecule has 0 N–H and O–H groups in total. The van der Waals surface area contributed by atoms with E-state index in [4.69, 9.17) is 9.47 Å². The fourth-order valence-corrected chi connectivity index (χ4v) is 5.39. The summed E-state index contributed by atoms with van der Waals surface area (Å²) in [5.41, 5.74) is 7.93. The van der Waals surface area contributed by atoms with Gasteiger partial charge in [0.05, 0.1) is 26.1 Å². The average molecular weight is 553 g/mol. The molecule has 3 atom stereocenters. The van der Waals surface area contributed by atoms with E-state index < -0.39 is 11.8 Å². The lowest BCUT2D eigenvalue weighted by Crippen LogP contribution is -2.39. The van der Waals surface area contributed by atoms with Crippen LogP contribution in [0.5, 0.6) is 0 Å². The molecule has 0 amide bonds. The van der Waals surface area contributed by atoms with Crippen LogP contribution in [0.2, 0.25) is 0 Å². The van der Waals surface area contributed by atoms with Crippen molar-refractivity contribution >= 4 is 11.9 Å². The Balaban J connectivity index is 2.89. The van der Waals surface area contributed by atoms with Gasteiger partial charge in [0.25, 0.3) is 0 Å². The van der Waals surface area contributed by atoms with Gasteiger partial charge in [0.1, 0.15) is 0 Å². The third kappa shape index (κ3) is 14.1. The zero-order chi connectivity index (χ0) is 30.1. The Morgan fingerprint density at radius 1 is 0.775 bits per heavy atom. The van der Waals surface area contributed by atoms with E-state index in [9.17, 15) is 9.59 Å². The molecule has 0 heterocycles. The molecule has 0 radical (unpaired) electrons. The van der Waals surface area contributed by atoms with E-state index in [0.717, 1.165) is 64.2 Å². The van der Waals surface area contributed by atoms with Crippen molar-refractivity contribution in [3.8, 4) is 0 Å². The molecule has 224 valence electrons. The minimum absolute atomic E-state index is 0.0684. The van der Waals surface area contributed by atoms with Crippen molar-refractivity contribution < 1.29 is 19.1 Å². The molecular formula is C36H56O4. The highest BCUT2D eigenvalue weighted by molar-refractivity contribution is 5.83. The molecule has 0 fully saturated rings. The fraction of sp³-hybridized carbons (Fsp3) is 0.611. The minimum Gasteiger partial charge on any atom is -0.469 e. The molecule has 0 spiro atoms. The summed E-state index contributed by atoms with van der Waals surface area (Å²) in [6, 6.07) is 0. The molecule has 1 rings (SSSR count). The number of carbonyl (C=O) groups is 2. The second-order valence-corrected chi connectivity index (χ2v) is 12.0. The Labute approximate surface area is 245 Å². The van der Waals surface area contributed by atoms with Gasteiger partial charge in [-0.05, 0) is 118 Å². The van der Waals surface area contributed by atoms with Gasteiger partial charge in [-0.2, -0.15) is 0 Å². The van der Waals surface area contributed by atoms with E-state index in [0.29, 0.717) is 6.42 Å². The van der Waals surface area contributed by atoms with Crippen molar-refractivity contribution in [2.45, 2.75) is 112 Å². The van der Waals surface area contributed by atoms with E-state index in [-0.39, 0.29) is 17.9 Å². The maximum atomic E-state index is 12.9. The van der Waals surface area contributed by atoms with E-state index in [2.05, 4.69) is 78.5 Å². The molecule has 40 heavy (non-hydrogen) atoms. The molecular weight excluding hydrogens is 496 g/mol. The second kappa shape index (κ2) is 19.5. The van der Waals surface area contributed by atoms with Crippen LogP contribution in [0.3, 0.4) is 0 Å². The van der Waals surface area contributed by atoms with Crippen LogP contribution in [0.4, 0.5) is 0 Å². The smallest absolute Gasteiger partial charge is 0.310 e. The molecule has 0 saturated carbocycles. The summed E-state index contributed by atoms with van der Waals surface area (Å²) in [7, 11) is 2.81. The molecule has 0 aromatic rings. The molecule has 0 aromatic carbocycles. The number of allylic oxidation sites excluding steroid dienone is 11. The Hall–Kier alpha value is -2.62. The average Bonchev–Trinajstić information content (AvgIpc) is 2.90. The van der Waals surface area contributed by atoms with Crippen molar-refractivity contribution in [1.82, 2.24) is 0 Å². The van der Waals surface area contributed by atoms with E-state index >= 15 is 0 Å². The first kappa shape index (κ1) is 35.4. The zero-order valence-electron chi connectivity index (χ0n) is 26.7. The quantitative estimate of drug-likeness (QED) is 0.133. The van der Waals surface area contributed by atoms with Gasteiger partial charge in [0.15, 0.2) is 0 Å². The summed E-state index contributed by atoms with van der Waals surface area (Å²) in [4.78, 5) is 25.7. The van der Waals surface area contributed by atoms with Crippen molar-refractivity contribution in [2.24, 2.45) is 17.8 Å². The number of carbonyl (C=O) groups excluding carboxylic acids is 2. The van der Waals surface area contributed by atoms with Gasteiger partial charge in [0.2, 0.25) is 0 Å². The largest absolute Gasteiger partial charge is 0.469 e. The highest BCUT2D eigenvalue weighted by Crippen LogP contribution is 2.40. The second-order valence-electron chi connectivity index (χ2n) is 12.0. The van der Waals surface area contributed by atoms with E-state index in [1.54, 1.807) is 0 Å². The molecule has 1 aliphatic rings. The van der Waals surface area contributed by atoms with Gasteiger partial charge in [-0.25, -0.2) is 0 Å². The normalized spacial score (nSPS) is 19.4. The van der Waals surface area contributed by atoms with Crippen molar-refractivity contribution in [1.29, 1.82) is 0 Å². The summed E-state index contributed by atoms with van der Waals surface area (Å²) >= 11 is 0. The maximum absolute atomic E-state index is 12.9. The highest BCUT2D eigenvalue weighted by Gasteiger charge is 2.43. The minimum atomic E-state index is -0.521. The van der Waals surface area contributed by atoms with Gasteiger partial charge in [-0.1, -0.05) is 70.4 Å². The number of hydrogen-bond donors (Lipinski definition) is 0. The number of rotatable bonds is 17. The Bertz CT molecular complexity index is 980. The lowest BCUT2D eigenvalue weighted by molar-refractivity contribution is -0.159. The van der Waals surface area contributed by atoms with Crippen LogP contribution in [0, 0.1) is 17.8 Å². The third-order valence-corrected chi connectivity index (χ3v) is 7.77. The topological polar surface area (TPSA) is 52.6 Å². The molecule has 4 nitrogen and oxygen atoms in total. The van der Waals surface area contributed by atoms with Crippen molar-refractivity contribution in [2.75, 3.05) is 14.2 Å². The van der Waals surface area contributed by atoms with Gasteiger partial charge >= 0.3 is 11.9 Å². The Morgan fingerprint density at radius 2 is 1.30 bits per heavy atom. The summed E-state index contributed by atoms with van der Waals surface area (Å²) < 4.78 is 10.3. The van der Waals surface area contributed by atoms with Crippen LogP contribution >= 0.6 is 0 Å². The third-order valence-electron chi connectivity index (χ3n) is 7.77. The maximum Gasteiger partial charge on any atom is 0.310 e. The molecule has 0 aliphatic heterocycles. The first-order valence-electron chi connectivity index (χ1n) is 15.1. The first-order chi connectivity index (χ1) is 19.0. The van der Waals surface area contributed by atoms with Gasteiger partial charge < -0.3 is 9.47 Å². The molecule has 0 saturated heterocycles. The number of ether oxygens (including phenoxy) is 2. The summed E-state index contributed by atoms with van der Waals surface area (Å²) in [6.45, 7) is 17.2. The standard InChI is InChI=1S/C36H56O4/c1-26(2)14-10-16-28(5)18-12-19-30(7)22-23-32-24-31(21-13-20-29(6)17-11-15-27(3)4)25-33(35(37)39-8)34(32)36(38)40-9/h14-15,18,20,24,32-34H,7,10-13,16-17,19,21-23,25H2,1-6,8-9H3/b28-18+,29-20+/t32-,33-,34-/m1/s1. The summed E-state index contributed by atoms with van der Waals surface area (Å²) in [5, 5.41) is 0. The van der Waals surface area contributed by atoms with Crippen LogP contribution < -0.4 is 0 Å². The summed E-state index contributed by atoms with van der Waals surface area (Å²) in [6.07, 6.45) is 21.6. The predicted octanol–water partition coefficient (Wildman–Crippen LogP) is 9.79. The monoisotopic (exact) mass is 552 g/mol. The molecule has 4 heteroatoms. The number of hydrogen-bond acceptors (Lipinski definition) is 4. The van der Waals surface area contributed by atoms with Crippen LogP contribution in [-0.2, 0) is 19.1 Å². The van der Waals surface area contributed by atoms with Crippen molar-refractivity contribution in [3.63, 3.8) is 0 Å². The van der Waals surface area contributed by atoms with E-state index in [1.807, 2.05) is 0 Å². The molecule has 0 bridgehead atoms. The van der Waals surface area contributed by atoms with Gasteiger partial charge in [-0.3, -0.25) is 9.59 Å². The Kier molecular flexibility index (Phi) is 17.2. The van der Waals surface area contributed by atoms with Crippen LogP contribution in [0.1, 0.15) is 112 Å².